The average Bonchev–Trinajstić information content (AvgIpc) is 2.65. The molecular formula is C21H29N3O4S. The number of unbranched alkanes of at least 4 members (excludes halogenated alkanes) is 1. The molecule has 7 nitrogen and oxygen atoms in total. The molecule has 0 fully saturated rings. The van der Waals surface area contributed by atoms with Gasteiger partial charge in [0.1, 0.15) is 0 Å². The number of aromatic nitrogens is 1. The number of rotatable bonds is 9. The fraction of sp³-hybridized carbons (Fsp3) is 0.429. The van der Waals surface area contributed by atoms with Crippen molar-refractivity contribution < 1.29 is 18.3 Å². The molecule has 1 aromatic heterocycles. The van der Waals surface area contributed by atoms with Crippen molar-refractivity contribution in [3.05, 3.63) is 46.6 Å². The Labute approximate surface area is 172 Å². The second kappa shape index (κ2) is 9.26. The molecule has 0 bridgehead atoms. The first-order valence-electron chi connectivity index (χ1n) is 9.69. The highest BCUT2D eigenvalue weighted by atomic mass is 32.2. The number of aromatic carboxylic acids is 1. The Morgan fingerprint density at radius 2 is 1.76 bits per heavy atom. The molecular weight excluding hydrogens is 390 g/mol. The van der Waals surface area contributed by atoms with E-state index in [-0.39, 0.29) is 16.1 Å². The molecule has 1 aromatic carbocycles. The molecule has 0 unspecified atom stereocenters. The number of benzene rings is 1. The topological polar surface area (TPSA) is 99.6 Å². The number of aryl methyl sites for hydroxylation is 3. The summed E-state index contributed by atoms with van der Waals surface area (Å²) in [6.07, 6.45) is 3.15. The molecule has 0 spiro atoms. The zero-order valence-electron chi connectivity index (χ0n) is 17.6. The number of carboxylic acid groups (broad SMARTS) is 1. The van der Waals surface area contributed by atoms with Gasteiger partial charge in [-0.25, -0.2) is 18.2 Å². The highest BCUT2D eigenvalue weighted by molar-refractivity contribution is 7.92. The van der Waals surface area contributed by atoms with Crippen LogP contribution in [0.2, 0.25) is 0 Å². The first-order chi connectivity index (χ1) is 13.6. The van der Waals surface area contributed by atoms with Gasteiger partial charge in [0.05, 0.1) is 16.1 Å². The fourth-order valence-corrected chi connectivity index (χ4v) is 4.45. The quantitative estimate of drug-likeness (QED) is 0.634. The lowest BCUT2D eigenvalue weighted by molar-refractivity contribution is 0.0696. The molecule has 0 atom stereocenters. The van der Waals surface area contributed by atoms with Gasteiger partial charge in [-0.05, 0) is 62.9 Å². The summed E-state index contributed by atoms with van der Waals surface area (Å²) in [6, 6.07) is 4.79. The van der Waals surface area contributed by atoms with E-state index in [9.17, 15) is 18.3 Å². The van der Waals surface area contributed by atoms with E-state index in [1.54, 1.807) is 13.0 Å². The summed E-state index contributed by atoms with van der Waals surface area (Å²) < 4.78 is 28.9. The fourth-order valence-electron chi connectivity index (χ4n) is 3.09. The number of pyridine rings is 1. The third-order valence-electron chi connectivity index (χ3n) is 4.90. The van der Waals surface area contributed by atoms with Crippen LogP contribution < -0.4 is 9.62 Å². The van der Waals surface area contributed by atoms with Gasteiger partial charge in [0, 0.05) is 19.3 Å². The predicted octanol–water partition coefficient (Wildman–Crippen LogP) is 4.13. The van der Waals surface area contributed by atoms with E-state index in [2.05, 4.69) is 16.6 Å². The minimum absolute atomic E-state index is 0.0743. The SMILES string of the molecule is CCCCN(CC)c1ncc(C(=O)O)cc1NS(=O)(=O)c1cc(C)c(C)cc1C. The summed E-state index contributed by atoms with van der Waals surface area (Å²) >= 11 is 0. The summed E-state index contributed by atoms with van der Waals surface area (Å²) in [5.41, 5.74) is 2.60. The Balaban J connectivity index is 2.55. The van der Waals surface area contributed by atoms with Crippen molar-refractivity contribution in [3.63, 3.8) is 0 Å². The summed E-state index contributed by atoms with van der Waals surface area (Å²) in [5.74, 6) is -0.737. The Bertz CT molecular complexity index is 1000. The maximum Gasteiger partial charge on any atom is 0.337 e. The lowest BCUT2D eigenvalue weighted by Crippen LogP contribution is -2.27. The average molecular weight is 420 g/mol. The van der Waals surface area contributed by atoms with Crippen LogP contribution in [0, 0.1) is 20.8 Å². The van der Waals surface area contributed by atoms with E-state index in [0.29, 0.717) is 24.5 Å². The first-order valence-corrected chi connectivity index (χ1v) is 11.2. The van der Waals surface area contributed by atoms with Crippen LogP contribution in [-0.2, 0) is 10.0 Å². The van der Waals surface area contributed by atoms with Gasteiger partial charge in [-0.15, -0.1) is 0 Å². The number of carbonyl (C=O) groups is 1. The number of nitrogens with one attached hydrogen (secondary N) is 1. The summed E-state index contributed by atoms with van der Waals surface area (Å²) in [7, 11) is -3.92. The van der Waals surface area contributed by atoms with Crippen molar-refractivity contribution in [3.8, 4) is 0 Å². The summed E-state index contributed by atoms with van der Waals surface area (Å²) in [6.45, 7) is 10.9. The van der Waals surface area contributed by atoms with Crippen molar-refractivity contribution in [1.82, 2.24) is 4.98 Å². The number of hydrogen-bond acceptors (Lipinski definition) is 5. The summed E-state index contributed by atoms with van der Waals surface area (Å²) in [5, 5.41) is 9.33. The van der Waals surface area contributed by atoms with Crippen LogP contribution >= 0.6 is 0 Å². The predicted molar refractivity (Wildman–Crippen MR) is 115 cm³/mol. The smallest absolute Gasteiger partial charge is 0.337 e. The molecule has 8 heteroatoms. The minimum atomic E-state index is -3.92. The van der Waals surface area contributed by atoms with Crippen LogP contribution in [0.3, 0.4) is 0 Å². The molecule has 2 aromatic rings. The largest absolute Gasteiger partial charge is 0.478 e. The van der Waals surface area contributed by atoms with Gasteiger partial charge in [0.2, 0.25) is 0 Å². The number of carboxylic acids is 1. The van der Waals surface area contributed by atoms with Crippen LogP contribution in [0.4, 0.5) is 11.5 Å². The van der Waals surface area contributed by atoms with Crippen LogP contribution in [0.1, 0.15) is 53.7 Å². The van der Waals surface area contributed by atoms with Gasteiger partial charge in [-0.1, -0.05) is 19.4 Å². The Kier molecular flexibility index (Phi) is 7.24. The maximum atomic E-state index is 13.1. The van der Waals surface area contributed by atoms with Crippen LogP contribution in [0.15, 0.2) is 29.3 Å². The Hall–Kier alpha value is -2.61. The van der Waals surface area contributed by atoms with Crippen LogP contribution in [-0.4, -0.2) is 37.6 Å². The molecule has 0 aliphatic rings. The van der Waals surface area contributed by atoms with E-state index >= 15 is 0 Å². The van der Waals surface area contributed by atoms with E-state index in [4.69, 9.17) is 0 Å². The highest BCUT2D eigenvalue weighted by Gasteiger charge is 2.23. The van der Waals surface area contributed by atoms with E-state index < -0.39 is 16.0 Å². The normalized spacial score (nSPS) is 11.3. The number of nitrogens with zero attached hydrogens (tertiary/aromatic N) is 2. The molecule has 0 amide bonds. The van der Waals surface area contributed by atoms with Crippen molar-refractivity contribution in [1.29, 1.82) is 0 Å². The third kappa shape index (κ3) is 5.26. The van der Waals surface area contributed by atoms with Crippen molar-refractivity contribution in [2.24, 2.45) is 0 Å². The lowest BCUT2D eigenvalue weighted by Gasteiger charge is -2.25. The van der Waals surface area contributed by atoms with Gasteiger partial charge in [-0.2, -0.15) is 0 Å². The summed E-state index contributed by atoms with van der Waals surface area (Å²) in [4.78, 5) is 17.8. The third-order valence-corrected chi connectivity index (χ3v) is 6.41. The first kappa shape index (κ1) is 22.7. The number of hydrogen-bond donors (Lipinski definition) is 2. The molecule has 2 rings (SSSR count). The lowest BCUT2D eigenvalue weighted by atomic mass is 10.1. The molecule has 0 radical (unpaired) electrons. The zero-order chi connectivity index (χ0) is 21.8. The second-order valence-corrected chi connectivity index (χ2v) is 8.79. The van der Waals surface area contributed by atoms with Gasteiger partial charge in [-0.3, -0.25) is 4.72 Å². The van der Waals surface area contributed by atoms with Gasteiger partial charge < -0.3 is 10.0 Å². The molecule has 29 heavy (non-hydrogen) atoms. The maximum absolute atomic E-state index is 13.1. The Morgan fingerprint density at radius 3 is 2.34 bits per heavy atom. The van der Waals surface area contributed by atoms with Crippen LogP contribution in [0.25, 0.3) is 0 Å². The molecule has 158 valence electrons. The molecule has 2 N–H and O–H groups in total. The minimum Gasteiger partial charge on any atom is -0.478 e. The standard InChI is InChI=1S/C21H29N3O4S/c1-6-8-9-24(7-2)20-18(12-17(13-22-20)21(25)26)23-29(27,28)19-11-15(4)14(3)10-16(19)5/h10-13,23H,6-9H2,1-5H3,(H,25,26). The monoisotopic (exact) mass is 419 g/mol. The molecule has 0 aliphatic carbocycles. The second-order valence-electron chi connectivity index (χ2n) is 7.14. The van der Waals surface area contributed by atoms with Gasteiger partial charge in [0.15, 0.2) is 5.82 Å². The number of anilines is 2. The molecule has 0 aliphatic heterocycles. The molecule has 1 heterocycles. The van der Waals surface area contributed by atoms with E-state index in [1.807, 2.05) is 31.7 Å². The highest BCUT2D eigenvalue weighted by Crippen LogP contribution is 2.29. The number of sulfonamides is 1. The Morgan fingerprint density at radius 1 is 1.10 bits per heavy atom. The molecule has 0 saturated carbocycles. The van der Waals surface area contributed by atoms with Crippen molar-refractivity contribution >= 4 is 27.5 Å². The molecule has 0 saturated heterocycles. The van der Waals surface area contributed by atoms with Crippen LogP contribution in [0.5, 0.6) is 0 Å². The van der Waals surface area contributed by atoms with Gasteiger partial charge >= 0.3 is 5.97 Å². The van der Waals surface area contributed by atoms with Gasteiger partial charge in [0.25, 0.3) is 10.0 Å². The van der Waals surface area contributed by atoms with E-state index in [1.165, 1.54) is 12.3 Å². The van der Waals surface area contributed by atoms with Crippen molar-refractivity contribution in [2.45, 2.75) is 52.4 Å². The zero-order valence-corrected chi connectivity index (χ0v) is 18.4. The van der Waals surface area contributed by atoms with E-state index in [0.717, 1.165) is 24.0 Å². The van der Waals surface area contributed by atoms with Crippen molar-refractivity contribution in [2.75, 3.05) is 22.7 Å².